The molecule has 2 aromatic rings. The molecule has 0 aliphatic carbocycles. The van der Waals surface area contributed by atoms with E-state index in [1.54, 1.807) is 11.3 Å². The molecule has 0 amide bonds. The standard InChI is InChI=1S/C14H14BrClOS/c1-9(2)17-11-5-3-10(4-6-11)13(15)14-12(16)7-8-18-14/h3-9,13H,1-2H3. The van der Waals surface area contributed by atoms with Gasteiger partial charge in [0, 0.05) is 4.88 Å². The Morgan fingerprint density at radius 1 is 1.17 bits per heavy atom. The molecule has 0 fully saturated rings. The highest BCUT2D eigenvalue weighted by atomic mass is 79.9. The lowest BCUT2D eigenvalue weighted by molar-refractivity contribution is 0.242. The number of hydrogen-bond acceptors (Lipinski definition) is 2. The lowest BCUT2D eigenvalue weighted by Gasteiger charge is -2.12. The normalized spacial score (nSPS) is 12.7. The van der Waals surface area contributed by atoms with Crippen molar-refractivity contribution in [1.29, 1.82) is 0 Å². The van der Waals surface area contributed by atoms with Crippen LogP contribution in [0.3, 0.4) is 0 Å². The van der Waals surface area contributed by atoms with E-state index < -0.39 is 0 Å². The highest BCUT2D eigenvalue weighted by Gasteiger charge is 2.15. The smallest absolute Gasteiger partial charge is 0.119 e. The van der Waals surface area contributed by atoms with Gasteiger partial charge in [0.05, 0.1) is 16.0 Å². The average molecular weight is 346 g/mol. The highest BCUT2D eigenvalue weighted by molar-refractivity contribution is 9.09. The van der Waals surface area contributed by atoms with Crippen molar-refractivity contribution in [3.8, 4) is 5.75 Å². The maximum absolute atomic E-state index is 6.14. The number of thiophene rings is 1. The van der Waals surface area contributed by atoms with Gasteiger partial charge < -0.3 is 4.74 Å². The van der Waals surface area contributed by atoms with Gasteiger partial charge in [-0.15, -0.1) is 11.3 Å². The Morgan fingerprint density at radius 3 is 2.33 bits per heavy atom. The van der Waals surface area contributed by atoms with E-state index in [0.717, 1.165) is 15.6 Å². The first kappa shape index (κ1) is 13.9. The van der Waals surface area contributed by atoms with Crippen LogP contribution < -0.4 is 4.74 Å². The number of ether oxygens (including phenoxy) is 1. The molecule has 4 heteroatoms. The van der Waals surface area contributed by atoms with E-state index in [1.165, 1.54) is 5.56 Å². The van der Waals surface area contributed by atoms with Crippen molar-refractivity contribution in [1.82, 2.24) is 0 Å². The molecule has 0 saturated carbocycles. The molecule has 0 saturated heterocycles. The zero-order valence-electron chi connectivity index (χ0n) is 10.2. The molecule has 0 aliphatic heterocycles. The second-order valence-corrected chi connectivity index (χ2v) is 6.50. The Bertz CT molecular complexity index is 507. The molecule has 0 N–H and O–H groups in total. The van der Waals surface area contributed by atoms with Gasteiger partial charge in [0.2, 0.25) is 0 Å². The SMILES string of the molecule is CC(C)Oc1ccc(C(Br)c2sccc2Cl)cc1. The molecule has 2 rings (SSSR count). The predicted octanol–water partition coefficient (Wildman–Crippen LogP) is 5.67. The van der Waals surface area contributed by atoms with Crippen LogP contribution in [-0.2, 0) is 0 Å². The third-order valence-corrected chi connectivity index (χ3v) is 5.13. The summed E-state index contributed by atoms with van der Waals surface area (Å²) in [7, 11) is 0. The Kier molecular flexibility index (Phi) is 4.71. The molecular formula is C14H14BrClOS. The largest absolute Gasteiger partial charge is 0.491 e. The van der Waals surface area contributed by atoms with Gasteiger partial charge in [-0.3, -0.25) is 0 Å². The first-order valence-corrected chi connectivity index (χ1v) is 7.89. The summed E-state index contributed by atoms with van der Waals surface area (Å²) in [6, 6.07) is 10.0. The van der Waals surface area contributed by atoms with E-state index in [1.807, 2.05) is 37.4 Å². The van der Waals surface area contributed by atoms with Gasteiger partial charge in [-0.05, 0) is 43.0 Å². The summed E-state index contributed by atoms with van der Waals surface area (Å²) >= 11 is 11.5. The highest BCUT2D eigenvalue weighted by Crippen LogP contribution is 2.39. The molecule has 1 nitrogen and oxygen atoms in total. The van der Waals surface area contributed by atoms with E-state index in [9.17, 15) is 0 Å². The van der Waals surface area contributed by atoms with Gasteiger partial charge in [0.25, 0.3) is 0 Å². The zero-order valence-corrected chi connectivity index (χ0v) is 13.3. The van der Waals surface area contributed by atoms with Crippen molar-refractivity contribution in [2.24, 2.45) is 0 Å². The fourth-order valence-electron chi connectivity index (χ4n) is 1.63. The quantitative estimate of drug-likeness (QED) is 0.648. The number of benzene rings is 1. The van der Waals surface area contributed by atoms with E-state index in [2.05, 4.69) is 28.1 Å². The summed E-state index contributed by atoms with van der Waals surface area (Å²) in [4.78, 5) is 1.27. The van der Waals surface area contributed by atoms with Gasteiger partial charge >= 0.3 is 0 Å². The molecular weight excluding hydrogens is 332 g/mol. The Hall–Kier alpha value is -0.510. The fourth-order valence-corrected chi connectivity index (χ4v) is 3.80. The number of halogens is 2. The van der Waals surface area contributed by atoms with Crippen molar-refractivity contribution in [3.63, 3.8) is 0 Å². The third kappa shape index (κ3) is 3.28. The molecule has 1 aromatic carbocycles. The molecule has 0 aliphatic rings. The van der Waals surface area contributed by atoms with Crippen molar-refractivity contribution >= 4 is 38.9 Å². The van der Waals surface area contributed by atoms with Crippen molar-refractivity contribution in [2.45, 2.75) is 24.8 Å². The lowest BCUT2D eigenvalue weighted by atomic mass is 10.1. The van der Waals surface area contributed by atoms with Crippen LogP contribution in [0, 0.1) is 0 Å². The summed E-state index contributed by atoms with van der Waals surface area (Å²) in [5.41, 5.74) is 1.18. The topological polar surface area (TPSA) is 9.23 Å². The van der Waals surface area contributed by atoms with Crippen LogP contribution >= 0.6 is 38.9 Å². The molecule has 18 heavy (non-hydrogen) atoms. The van der Waals surface area contributed by atoms with Crippen LogP contribution in [0.2, 0.25) is 5.02 Å². The molecule has 1 aromatic heterocycles. The molecule has 0 spiro atoms. The van der Waals surface area contributed by atoms with E-state index in [0.29, 0.717) is 0 Å². The second-order valence-electron chi connectivity index (χ2n) is 4.23. The Labute approximate surface area is 125 Å². The Balaban J connectivity index is 2.17. The average Bonchev–Trinajstić information content (AvgIpc) is 2.75. The third-order valence-electron chi connectivity index (χ3n) is 2.42. The minimum Gasteiger partial charge on any atom is -0.491 e. The number of hydrogen-bond donors (Lipinski definition) is 0. The minimum absolute atomic E-state index is 0.137. The molecule has 96 valence electrons. The van der Waals surface area contributed by atoms with Crippen molar-refractivity contribution in [2.75, 3.05) is 0 Å². The molecule has 1 unspecified atom stereocenters. The maximum Gasteiger partial charge on any atom is 0.119 e. The molecule has 1 heterocycles. The number of rotatable bonds is 4. The van der Waals surface area contributed by atoms with E-state index in [4.69, 9.17) is 16.3 Å². The summed E-state index contributed by atoms with van der Waals surface area (Å²) in [5, 5.41) is 2.81. The first-order valence-electron chi connectivity index (χ1n) is 5.71. The summed E-state index contributed by atoms with van der Waals surface area (Å²) in [6.45, 7) is 4.04. The van der Waals surface area contributed by atoms with Crippen molar-refractivity contribution < 1.29 is 4.74 Å². The van der Waals surface area contributed by atoms with Crippen LogP contribution in [-0.4, -0.2) is 6.10 Å². The van der Waals surface area contributed by atoms with Gasteiger partial charge in [0.1, 0.15) is 5.75 Å². The Morgan fingerprint density at radius 2 is 1.83 bits per heavy atom. The summed E-state index contributed by atoms with van der Waals surface area (Å²) < 4.78 is 5.62. The second kappa shape index (κ2) is 6.09. The minimum atomic E-state index is 0.137. The maximum atomic E-state index is 6.14. The van der Waals surface area contributed by atoms with E-state index in [-0.39, 0.29) is 10.9 Å². The molecule has 1 atom stereocenters. The van der Waals surface area contributed by atoms with Gasteiger partial charge in [-0.1, -0.05) is 39.7 Å². The monoisotopic (exact) mass is 344 g/mol. The van der Waals surface area contributed by atoms with Gasteiger partial charge in [0.15, 0.2) is 0 Å². The van der Waals surface area contributed by atoms with Crippen LogP contribution in [0.25, 0.3) is 0 Å². The van der Waals surface area contributed by atoms with Crippen molar-refractivity contribution in [3.05, 3.63) is 51.2 Å². The first-order chi connectivity index (χ1) is 8.58. The van der Waals surface area contributed by atoms with Crippen LogP contribution in [0.5, 0.6) is 5.75 Å². The number of alkyl halides is 1. The molecule has 0 bridgehead atoms. The molecule has 0 radical (unpaired) electrons. The van der Waals surface area contributed by atoms with Gasteiger partial charge in [-0.2, -0.15) is 0 Å². The zero-order chi connectivity index (χ0) is 13.1. The van der Waals surface area contributed by atoms with Crippen LogP contribution in [0.15, 0.2) is 35.7 Å². The van der Waals surface area contributed by atoms with Gasteiger partial charge in [-0.25, -0.2) is 0 Å². The van der Waals surface area contributed by atoms with Crippen LogP contribution in [0.1, 0.15) is 29.1 Å². The summed E-state index contributed by atoms with van der Waals surface area (Å²) in [6.07, 6.45) is 0.197. The fraction of sp³-hybridized carbons (Fsp3) is 0.286. The van der Waals surface area contributed by atoms with E-state index >= 15 is 0 Å². The predicted molar refractivity (Wildman–Crippen MR) is 82.3 cm³/mol. The summed E-state index contributed by atoms with van der Waals surface area (Å²) in [5.74, 6) is 0.894. The lowest BCUT2D eigenvalue weighted by Crippen LogP contribution is -2.05. The van der Waals surface area contributed by atoms with Crippen LogP contribution in [0.4, 0.5) is 0 Å².